The maximum atomic E-state index is 9.85. The molecule has 0 aliphatic carbocycles. The van der Waals surface area contributed by atoms with Gasteiger partial charge in [-0.3, -0.25) is 0 Å². The summed E-state index contributed by atoms with van der Waals surface area (Å²) in [5.74, 6) is 0.741. The first kappa shape index (κ1) is 9.27. The van der Waals surface area contributed by atoms with E-state index in [1.165, 1.54) is 0 Å². The average molecular weight is 147 g/mol. The van der Waals surface area contributed by atoms with Crippen molar-refractivity contribution < 1.29 is 4.55 Å². The number of hydrogen-bond donors (Lipinski definition) is 1. The molecule has 0 atom stereocenters. The molecule has 0 aliphatic rings. The standard InChI is InChI=1S/C6H13NOS/c7-5-3-1-2-4-6-9-8/h5H,1-4,6-7H2. The molecule has 9 heavy (non-hydrogen) atoms. The van der Waals surface area contributed by atoms with Gasteiger partial charge in [0.25, 0.3) is 0 Å². The van der Waals surface area contributed by atoms with E-state index in [1.54, 1.807) is 6.54 Å². The van der Waals surface area contributed by atoms with Crippen molar-refractivity contribution in [3.8, 4) is 0 Å². The van der Waals surface area contributed by atoms with E-state index in [9.17, 15) is 4.55 Å². The number of rotatable bonds is 6. The SMILES string of the molecule is N[CH]CCCCCS[O]. The zero-order chi connectivity index (χ0) is 6.95. The molecule has 0 heterocycles. The van der Waals surface area contributed by atoms with Crippen LogP contribution in [0.4, 0.5) is 0 Å². The number of nitrogens with two attached hydrogens (primary N) is 1. The highest BCUT2D eigenvalue weighted by Gasteiger charge is 1.87. The van der Waals surface area contributed by atoms with Gasteiger partial charge in [0, 0.05) is 24.3 Å². The largest absolute Gasteiger partial charge is 0.326 e. The summed E-state index contributed by atoms with van der Waals surface area (Å²) in [5, 5.41) is 0. The Morgan fingerprint density at radius 3 is 2.67 bits per heavy atom. The van der Waals surface area contributed by atoms with Crippen molar-refractivity contribution in [1.82, 2.24) is 0 Å². The van der Waals surface area contributed by atoms with Crippen LogP contribution in [0.1, 0.15) is 25.7 Å². The van der Waals surface area contributed by atoms with Crippen molar-refractivity contribution in [2.75, 3.05) is 5.75 Å². The lowest BCUT2D eigenvalue weighted by Gasteiger charge is -1.94. The highest BCUT2D eigenvalue weighted by atomic mass is 32.2. The van der Waals surface area contributed by atoms with Gasteiger partial charge in [-0.25, -0.2) is 0 Å². The molecular formula is C6H13NOS. The minimum absolute atomic E-state index is 0.668. The third-order valence-corrected chi connectivity index (χ3v) is 1.55. The van der Waals surface area contributed by atoms with Gasteiger partial charge in [-0.2, -0.15) is 4.55 Å². The quantitative estimate of drug-likeness (QED) is 0.459. The summed E-state index contributed by atoms with van der Waals surface area (Å²) in [6, 6.07) is 0. The van der Waals surface area contributed by atoms with E-state index in [1.807, 2.05) is 0 Å². The van der Waals surface area contributed by atoms with Crippen LogP contribution >= 0.6 is 12.0 Å². The maximum absolute atomic E-state index is 9.85. The van der Waals surface area contributed by atoms with E-state index in [2.05, 4.69) is 0 Å². The highest BCUT2D eigenvalue weighted by Crippen LogP contribution is 2.04. The second kappa shape index (κ2) is 8.27. The summed E-state index contributed by atoms with van der Waals surface area (Å²) < 4.78 is 9.85. The highest BCUT2D eigenvalue weighted by molar-refractivity contribution is 7.93. The molecule has 0 rings (SSSR count). The lowest BCUT2D eigenvalue weighted by Crippen LogP contribution is -1.89. The Balaban J connectivity index is 2.60. The molecule has 2 N–H and O–H groups in total. The van der Waals surface area contributed by atoms with Gasteiger partial charge < -0.3 is 5.73 Å². The molecule has 2 radical (unpaired) electrons. The molecule has 3 heteroatoms. The molecule has 0 aromatic rings. The lowest BCUT2D eigenvalue weighted by atomic mass is 10.2. The molecule has 0 bridgehead atoms. The Labute approximate surface area is 61.0 Å². The predicted octanol–water partition coefficient (Wildman–Crippen LogP) is 1.75. The molecule has 2 nitrogen and oxygen atoms in total. The fraction of sp³-hybridized carbons (Fsp3) is 0.833. The molecule has 0 amide bonds. The van der Waals surface area contributed by atoms with Crippen LogP contribution in [-0.4, -0.2) is 5.75 Å². The summed E-state index contributed by atoms with van der Waals surface area (Å²) in [6.45, 7) is 1.67. The average Bonchev–Trinajstić information content (AvgIpc) is 1.89. The van der Waals surface area contributed by atoms with Crippen molar-refractivity contribution in [2.24, 2.45) is 5.73 Å². The topological polar surface area (TPSA) is 45.9 Å². The second-order valence-corrected chi connectivity index (χ2v) is 2.55. The second-order valence-electron chi connectivity index (χ2n) is 1.91. The molecule has 0 fully saturated rings. The van der Waals surface area contributed by atoms with E-state index in [0.29, 0.717) is 12.0 Å². The predicted molar refractivity (Wildman–Crippen MR) is 40.1 cm³/mol. The van der Waals surface area contributed by atoms with Crippen LogP contribution in [0.2, 0.25) is 0 Å². The first-order valence-corrected chi connectivity index (χ1v) is 4.11. The normalized spacial score (nSPS) is 10.0. The number of hydrogen-bond acceptors (Lipinski definition) is 2. The molecule has 0 saturated carbocycles. The van der Waals surface area contributed by atoms with Crippen molar-refractivity contribution in [1.29, 1.82) is 0 Å². The van der Waals surface area contributed by atoms with Crippen LogP contribution in [0.15, 0.2) is 0 Å². The number of unbranched alkanes of at least 4 members (excludes halogenated alkanes) is 3. The molecule has 0 spiro atoms. The van der Waals surface area contributed by atoms with Crippen LogP contribution < -0.4 is 5.73 Å². The zero-order valence-corrected chi connectivity index (χ0v) is 6.32. The van der Waals surface area contributed by atoms with Gasteiger partial charge in [0.05, 0.1) is 0 Å². The van der Waals surface area contributed by atoms with Crippen molar-refractivity contribution >= 4 is 12.0 Å². The third-order valence-electron chi connectivity index (χ3n) is 1.10. The van der Waals surface area contributed by atoms with E-state index in [0.717, 1.165) is 31.4 Å². The monoisotopic (exact) mass is 147 g/mol. The Kier molecular flexibility index (Phi) is 8.52. The van der Waals surface area contributed by atoms with Gasteiger partial charge in [-0.1, -0.05) is 12.8 Å². The lowest BCUT2D eigenvalue weighted by molar-refractivity contribution is 0.529. The van der Waals surface area contributed by atoms with E-state index >= 15 is 0 Å². The fourth-order valence-electron chi connectivity index (χ4n) is 0.600. The molecular weight excluding hydrogens is 134 g/mol. The van der Waals surface area contributed by atoms with E-state index in [-0.39, 0.29) is 0 Å². The Hall–Kier alpha value is 0.270. The molecule has 0 aliphatic heterocycles. The third kappa shape index (κ3) is 8.27. The molecule has 0 saturated heterocycles. The van der Waals surface area contributed by atoms with Crippen LogP contribution in [0.5, 0.6) is 0 Å². The summed E-state index contributed by atoms with van der Waals surface area (Å²) in [5.41, 5.74) is 5.15. The summed E-state index contributed by atoms with van der Waals surface area (Å²) >= 11 is 0.668. The van der Waals surface area contributed by atoms with Crippen LogP contribution in [0.25, 0.3) is 0 Å². The Bertz CT molecular complexity index is 46.3. The smallest absolute Gasteiger partial charge is 0.0326 e. The Morgan fingerprint density at radius 1 is 1.33 bits per heavy atom. The van der Waals surface area contributed by atoms with Crippen LogP contribution in [-0.2, 0) is 4.55 Å². The minimum Gasteiger partial charge on any atom is -0.326 e. The van der Waals surface area contributed by atoms with Crippen LogP contribution in [0, 0.1) is 6.54 Å². The van der Waals surface area contributed by atoms with Gasteiger partial charge in [-0.15, -0.1) is 0 Å². The molecule has 0 unspecified atom stereocenters. The van der Waals surface area contributed by atoms with Gasteiger partial charge in [0.1, 0.15) is 0 Å². The van der Waals surface area contributed by atoms with Gasteiger partial charge >= 0.3 is 0 Å². The molecule has 0 aromatic carbocycles. The van der Waals surface area contributed by atoms with Crippen molar-refractivity contribution in [3.63, 3.8) is 0 Å². The van der Waals surface area contributed by atoms with Gasteiger partial charge in [0.15, 0.2) is 0 Å². The summed E-state index contributed by atoms with van der Waals surface area (Å²) in [4.78, 5) is 0. The van der Waals surface area contributed by atoms with E-state index in [4.69, 9.17) is 5.73 Å². The van der Waals surface area contributed by atoms with Gasteiger partial charge in [-0.05, 0) is 12.8 Å². The maximum Gasteiger partial charge on any atom is 0.0326 e. The van der Waals surface area contributed by atoms with E-state index < -0.39 is 0 Å². The molecule has 0 aromatic heterocycles. The zero-order valence-electron chi connectivity index (χ0n) is 5.51. The fourth-order valence-corrected chi connectivity index (χ4v) is 0.922. The summed E-state index contributed by atoms with van der Waals surface area (Å²) in [7, 11) is 0. The van der Waals surface area contributed by atoms with Gasteiger partial charge in [0.2, 0.25) is 0 Å². The summed E-state index contributed by atoms with van der Waals surface area (Å²) in [6.07, 6.45) is 4.26. The van der Waals surface area contributed by atoms with Crippen LogP contribution in [0.3, 0.4) is 0 Å². The van der Waals surface area contributed by atoms with Crippen molar-refractivity contribution in [2.45, 2.75) is 25.7 Å². The van der Waals surface area contributed by atoms with Crippen molar-refractivity contribution in [3.05, 3.63) is 6.54 Å². The molecule has 54 valence electrons. The minimum atomic E-state index is 0.668. The Morgan fingerprint density at radius 2 is 2.11 bits per heavy atom. The first-order valence-electron chi connectivity index (χ1n) is 3.20. The first-order chi connectivity index (χ1) is 4.41.